The fourth-order valence-corrected chi connectivity index (χ4v) is 7.18. The van der Waals surface area contributed by atoms with Crippen molar-refractivity contribution < 1.29 is 9.47 Å². The van der Waals surface area contributed by atoms with Gasteiger partial charge in [0.1, 0.15) is 11.0 Å². The van der Waals surface area contributed by atoms with Gasteiger partial charge in [-0.3, -0.25) is 0 Å². The number of ether oxygens (including phenoxy) is 2. The number of benzene rings is 7. The summed E-state index contributed by atoms with van der Waals surface area (Å²) in [5, 5.41) is 0. The fraction of sp³-hybridized carbons (Fsp3) is 0. The highest BCUT2D eigenvalue weighted by Gasteiger charge is 2.26. The van der Waals surface area contributed by atoms with E-state index in [0.29, 0.717) is 0 Å². The molecule has 0 unspecified atom stereocenters. The number of fused-ring (bicyclic) bond motifs is 5. The van der Waals surface area contributed by atoms with Gasteiger partial charge in [-0.2, -0.15) is 8.75 Å². The van der Waals surface area contributed by atoms with Gasteiger partial charge in [0.15, 0.2) is 23.0 Å². The summed E-state index contributed by atoms with van der Waals surface area (Å²) >= 11 is 1.19. The molecule has 2 aliphatic rings. The van der Waals surface area contributed by atoms with Crippen molar-refractivity contribution in [2.45, 2.75) is 0 Å². The highest BCUT2D eigenvalue weighted by molar-refractivity contribution is 7.00. The molecule has 6 nitrogen and oxygen atoms in total. The van der Waals surface area contributed by atoms with Gasteiger partial charge < -0.3 is 19.3 Å². The number of nitrogens with zero attached hydrogens (tertiary/aromatic N) is 4. The molecule has 0 saturated carbocycles. The number of aromatic nitrogens is 2. The molecule has 0 saturated heterocycles. The Kier molecular flexibility index (Phi) is 7.35. The van der Waals surface area contributed by atoms with Crippen molar-refractivity contribution >= 4 is 56.9 Å². The summed E-state index contributed by atoms with van der Waals surface area (Å²) < 4.78 is 21.3. The van der Waals surface area contributed by atoms with Crippen LogP contribution in [0, 0.1) is 23.7 Å². The average molecular weight is 699 g/mol. The molecule has 53 heavy (non-hydrogen) atoms. The Balaban J connectivity index is 0.950. The summed E-state index contributed by atoms with van der Waals surface area (Å²) in [6.07, 6.45) is 0. The summed E-state index contributed by atoms with van der Waals surface area (Å²) in [4.78, 5) is 4.43. The van der Waals surface area contributed by atoms with Gasteiger partial charge in [-0.15, -0.1) is 0 Å². The van der Waals surface area contributed by atoms with Crippen molar-refractivity contribution in [1.29, 1.82) is 0 Å². The van der Waals surface area contributed by atoms with Gasteiger partial charge in [0.2, 0.25) is 0 Å². The predicted molar refractivity (Wildman–Crippen MR) is 212 cm³/mol. The Morgan fingerprint density at radius 1 is 0.396 bits per heavy atom. The molecule has 0 bridgehead atoms. The van der Waals surface area contributed by atoms with Crippen LogP contribution in [0.3, 0.4) is 0 Å². The van der Waals surface area contributed by atoms with E-state index in [9.17, 15) is 0 Å². The largest absolute Gasteiger partial charge is 0.453 e. The molecule has 0 amide bonds. The van der Waals surface area contributed by atoms with E-state index in [1.807, 2.05) is 109 Å². The first-order valence-corrected chi connectivity index (χ1v) is 17.8. The van der Waals surface area contributed by atoms with Crippen LogP contribution in [0.4, 0.5) is 34.1 Å². The van der Waals surface area contributed by atoms with Crippen molar-refractivity contribution in [2.75, 3.05) is 9.80 Å². The monoisotopic (exact) mass is 698 g/mol. The van der Waals surface area contributed by atoms with E-state index in [2.05, 4.69) is 90.8 Å². The molecule has 2 aliphatic heterocycles. The van der Waals surface area contributed by atoms with Gasteiger partial charge >= 0.3 is 0 Å². The molecule has 0 N–H and O–H groups in total. The standard InChI is InChI=1S/C46H26N4O2S/c1-5-13-43-39(9-1)49(40-10-2-6-14-44(40)51-43)35-25-19-31(20-26-35)17-23-33-29-37-38(48-53-47-37)30-34(33)24-18-32-21-27-36(28-22-32)50-41-11-3-7-15-45(41)52-46-16-8-4-12-42(46)50/h1-16,19-22,25-30H. The number of anilines is 6. The Labute approximate surface area is 310 Å². The summed E-state index contributed by atoms with van der Waals surface area (Å²) in [6.45, 7) is 0. The van der Waals surface area contributed by atoms with Crippen LogP contribution in [0.2, 0.25) is 0 Å². The molecule has 3 heterocycles. The normalized spacial score (nSPS) is 12.1. The predicted octanol–water partition coefficient (Wildman–Crippen LogP) is 11.6. The average Bonchev–Trinajstić information content (AvgIpc) is 3.68. The number of hydrogen-bond donors (Lipinski definition) is 0. The Hall–Kier alpha value is -7.32. The van der Waals surface area contributed by atoms with Gasteiger partial charge in [0, 0.05) is 33.6 Å². The fourth-order valence-electron chi connectivity index (χ4n) is 6.67. The highest BCUT2D eigenvalue weighted by Crippen LogP contribution is 2.51. The van der Waals surface area contributed by atoms with Crippen molar-refractivity contribution in [3.8, 4) is 46.7 Å². The van der Waals surface area contributed by atoms with Gasteiger partial charge in [-0.1, -0.05) is 72.2 Å². The molecule has 0 aliphatic carbocycles. The molecule has 1 aromatic heterocycles. The maximum Gasteiger partial charge on any atom is 0.151 e. The molecule has 7 aromatic carbocycles. The highest BCUT2D eigenvalue weighted by atomic mass is 32.1. The summed E-state index contributed by atoms with van der Waals surface area (Å²) in [7, 11) is 0. The molecular formula is C46H26N4O2S. The molecule has 0 spiro atoms. The summed E-state index contributed by atoms with van der Waals surface area (Å²) in [5.74, 6) is 16.8. The molecular weight excluding hydrogens is 673 g/mol. The zero-order chi connectivity index (χ0) is 35.1. The van der Waals surface area contributed by atoms with E-state index in [1.54, 1.807) is 0 Å². The maximum atomic E-state index is 6.19. The topological polar surface area (TPSA) is 50.7 Å². The lowest BCUT2D eigenvalue weighted by Gasteiger charge is -2.32. The van der Waals surface area contributed by atoms with Crippen LogP contribution in [0.5, 0.6) is 23.0 Å². The molecule has 248 valence electrons. The van der Waals surface area contributed by atoms with Gasteiger partial charge in [-0.05, 0) is 109 Å². The smallest absolute Gasteiger partial charge is 0.151 e. The van der Waals surface area contributed by atoms with Gasteiger partial charge in [-0.25, -0.2) is 0 Å². The molecule has 0 radical (unpaired) electrons. The van der Waals surface area contributed by atoms with Crippen LogP contribution in [0.25, 0.3) is 11.0 Å². The van der Waals surface area contributed by atoms with E-state index in [1.165, 1.54) is 11.7 Å². The maximum absolute atomic E-state index is 6.19. The third kappa shape index (κ3) is 5.59. The Morgan fingerprint density at radius 3 is 1.09 bits per heavy atom. The molecule has 0 atom stereocenters. The molecule has 0 fully saturated rings. The Bertz CT molecular complexity index is 2540. The first-order chi connectivity index (χ1) is 26.2. The second-order valence-electron chi connectivity index (χ2n) is 12.5. The second-order valence-corrected chi connectivity index (χ2v) is 13.0. The van der Waals surface area contributed by atoms with Crippen molar-refractivity contribution in [2.24, 2.45) is 0 Å². The van der Waals surface area contributed by atoms with Gasteiger partial charge in [0.05, 0.1) is 34.5 Å². The molecule has 8 aromatic rings. The number of hydrogen-bond acceptors (Lipinski definition) is 7. The van der Waals surface area contributed by atoms with Crippen LogP contribution >= 0.6 is 11.7 Å². The molecule has 7 heteroatoms. The first kappa shape index (κ1) is 30.5. The van der Waals surface area contributed by atoms with Crippen LogP contribution in [-0.2, 0) is 0 Å². The lowest BCUT2D eigenvalue weighted by atomic mass is 10.0. The van der Waals surface area contributed by atoms with E-state index in [4.69, 9.17) is 9.47 Å². The van der Waals surface area contributed by atoms with E-state index < -0.39 is 0 Å². The third-order valence-corrected chi connectivity index (χ3v) is 9.75. The summed E-state index contributed by atoms with van der Waals surface area (Å²) in [5.41, 5.74) is 11.0. The first-order valence-electron chi connectivity index (χ1n) is 17.1. The zero-order valence-electron chi connectivity index (χ0n) is 28.0. The van der Waals surface area contributed by atoms with Crippen LogP contribution in [0.1, 0.15) is 22.3 Å². The zero-order valence-corrected chi connectivity index (χ0v) is 28.8. The van der Waals surface area contributed by atoms with Crippen LogP contribution in [0.15, 0.2) is 158 Å². The number of rotatable bonds is 2. The second kappa shape index (κ2) is 12.8. The van der Waals surface area contributed by atoms with Crippen molar-refractivity contribution in [3.05, 3.63) is 180 Å². The van der Waals surface area contributed by atoms with Gasteiger partial charge in [0.25, 0.3) is 0 Å². The minimum atomic E-state index is 0.802. The minimum Gasteiger partial charge on any atom is -0.453 e. The minimum absolute atomic E-state index is 0.802. The Morgan fingerprint density at radius 2 is 0.736 bits per heavy atom. The van der Waals surface area contributed by atoms with E-state index in [-0.39, 0.29) is 0 Å². The van der Waals surface area contributed by atoms with Crippen LogP contribution < -0.4 is 19.3 Å². The third-order valence-electron chi connectivity index (χ3n) is 9.19. The lowest BCUT2D eigenvalue weighted by Crippen LogP contribution is -2.15. The van der Waals surface area contributed by atoms with E-state index >= 15 is 0 Å². The SMILES string of the molecule is C(#Cc1cc2nsnc2cc1C#Cc1ccc(N2c3ccccc3Oc3ccccc32)cc1)c1ccc(N2c3ccccc3Oc3ccccc32)cc1. The van der Waals surface area contributed by atoms with Crippen LogP contribution in [-0.4, -0.2) is 8.75 Å². The van der Waals surface area contributed by atoms with Crippen molar-refractivity contribution in [1.82, 2.24) is 8.75 Å². The van der Waals surface area contributed by atoms with Crippen molar-refractivity contribution in [3.63, 3.8) is 0 Å². The summed E-state index contributed by atoms with van der Waals surface area (Å²) in [6, 6.07) is 52.8. The molecule has 10 rings (SSSR count). The van der Waals surface area contributed by atoms with E-state index in [0.717, 1.165) is 90.4 Å². The quantitative estimate of drug-likeness (QED) is 0.168. The lowest BCUT2D eigenvalue weighted by molar-refractivity contribution is 0.477. The number of para-hydroxylation sites is 8.